The van der Waals surface area contributed by atoms with Gasteiger partial charge in [0, 0.05) is 25.2 Å². The normalized spacial score (nSPS) is 27.6. The van der Waals surface area contributed by atoms with Crippen LogP contribution < -0.4 is 0 Å². The number of methoxy groups -OCH3 is 2. The van der Waals surface area contributed by atoms with Crippen LogP contribution in [0.4, 0.5) is 0 Å². The van der Waals surface area contributed by atoms with Crippen LogP contribution in [0.2, 0.25) is 0 Å². The van der Waals surface area contributed by atoms with Crippen LogP contribution in [0.1, 0.15) is 6.42 Å². The summed E-state index contributed by atoms with van der Waals surface area (Å²) in [4.78, 5) is 10.5. The molecule has 1 unspecified atom stereocenters. The highest BCUT2D eigenvalue weighted by molar-refractivity contribution is 5.75. The fraction of sp³-hybridized carbons (Fsp3) is 0.444. The Balaban J connectivity index is 2.94. The molecule has 1 aliphatic rings. The first-order valence-electron chi connectivity index (χ1n) is 3.83. The van der Waals surface area contributed by atoms with Gasteiger partial charge in [-0.25, -0.2) is 0 Å². The average Bonchev–Trinajstić information content (AvgIpc) is 2.17. The fourth-order valence-corrected chi connectivity index (χ4v) is 1.17. The third-order valence-corrected chi connectivity index (χ3v) is 1.89. The lowest BCUT2D eigenvalue weighted by molar-refractivity contribution is -0.148. The van der Waals surface area contributed by atoms with Gasteiger partial charge in [0.2, 0.25) is 0 Å². The van der Waals surface area contributed by atoms with Crippen molar-refractivity contribution in [1.29, 1.82) is 0 Å². The number of carbonyl (C=O) groups is 1. The molecule has 1 aliphatic carbocycles. The zero-order valence-corrected chi connectivity index (χ0v) is 7.61. The van der Waals surface area contributed by atoms with Gasteiger partial charge in [0.25, 0.3) is 0 Å². The van der Waals surface area contributed by atoms with Crippen LogP contribution in [0, 0.1) is 0 Å². The second-order valence-electron chi connectivity index (χ2n) is 2.81. The number of hydrogen-bond donors (Lipinski definition) is 1. The SMILES string of the molecule is COC1=CC(O)(OC)CC(C=O)=C1. The third-order valence-electron chi connectivity index (χ3n) is 1.89. The van der Waals surface area contributed by atoms with Gasteiger partial charge < -0.3 is 14.6 Å². The van der Waals surface area contributed by atoms with E-state index in [1.54, 1.807) is 6.08 Å². The molecule has 0 saturated heterocycles. The number of carbonyl (C=O) groups excluding carboxylic acids is 1. The average molecular weight is 184 g/mol. The first kappa shape index (κ1) is 9.95. The maximum Gasteiger partial charge on any atom is 0.193 e. The topological polar surface area (TPSA) is 55.8 Å². The molecule has 0 aromatic heterocycles. The van der Waals surface area contributed by atoms with Gasteiger partial charge in [0.15, 0.2) is 5.79 Å². The van der Waals surface area contributed by atoms with Crippen molar-refractivity contribution in [2.45, 2.75) is 12.2 Å². The Hall–Kier alpha value is -1.13. The number of aliphatic hydroxyl groups is 1. The molecule has 0 radical (unpaired) electrons. The molecule has 72 valence electrons. The van der Waals surface area contributed by atoms with Gasteiger partial charge in [-0.3, -0.25) is 4.79 Å². The van der Waals surface area contributed by atoms with E-state index in [9.17, 15) is 9.90 Å². The molecule has 0 saturated carbocycles. The Kier molecular flexibility index (Phi) is 2.85. The maximum atomic E-state index is 10.5. The molecular formula is C9H12O4. The zero-order chi connectivity index (χ0) is 9.90. The monoisotopic (exact) mass is 184 g/mol. The van der Waals surface area contributed by atoms with E-state index in [-0.39, 0.29) is 6.42 Å². The number of aldehydes is 1. The number of hydrogen-bond acceptors (Lipinski definition) is 4. The summed E-state index contributed by atoms with van der Waals surface area (Å²) in [6.45, 7) is 0. The molecule has 0 amide bonds. The minimum absolute atomic E-state index is 0.153. The quantitative estimate of drug-likeness (QED) is 0.509. The first-order chi connectivity index (χ1) is 6.13. The maximum absolute atomic E-state index is 10.5. The van der Waals surface area contributed by atoms with Crippen LogP contribution in [0.3, 0.4) is 0 Å². The Labute approximate surface area is 76.5 Å². The van der Waals surface area contributed by atoms with Crippen molar-refractivity contribution in [2.24, 2.45) is 0 Å². The lowest BCUT2D eigenvalue weighted by Crippen LogP contribution is -2.31. The van der Waals surface area contributed by atoms with Crippen molar-refractivity contribution in [1.82, 2.24) is 0 Å². The standard InChI is InChI=1S/C9H12O4/c1-12-8-3-7(6-10)4-9(11,5-8)13-2/h3,5-6,11H,4H2,1-2H3. The fourth-order valence-electron chi connectivity index (χ4n) is 1.17. The van der Waals surface area contributed by atoms with Gasteiger partial charge >= 0.3 is 0 Å². The predicted octanol–water partition coefficient (Wildman–Crippen LogP) is 0.381. The summed E-state index contributed by atoms with van der Waals surface area (Å²) in [5.74, 6) is -0.992. The van der Waals surface area contributed by atoms with Crippen LogP contribution in [0.15, 0.2) is 23.5 Å². The second kappa shape index (κ2) is 3.72. The smallest absolute Gasteiger partial charge is 0.193 e. The van der Waals surface area contributed by atoms with E-state index >= 15 is 0 Å². The molecule has 0 spiro atoms. The molecule has 13 heavy (non-hydrogen) atoms. The highest BCUT2D eigenvalue weighted by Gasteiger charge is 2.29. The second-order valence-corrected chi connectivity index (χ2v) is 2.81. The molecule has 0 aliphatic heterocycles. The Morgan fingerprint density at radius 1 is 1.62 bits per heavy atom. The van der Waals surface area contributed by atoms with E-state index in [1.165, 1.54) is 20.3 Å². The number of rotatable bonds is 3. The van der Waals surface area contributed by atoms with E-state index in [0.717, 1.165) is 0 Å². The van der Waals surface area contributed by atoms with E-state index in [0.29, 0.717) is 17.6 Å². The number of allylic oxidation sites excluding steroid dienone is 1. The van der Waals surface area contributed by atoms with Crippen molar-refractivity contribution in [3.63, 3.8) is 0 Å². The lowest BCUT2D eigenvalue weighted by Gasteiger charge is -2.26. The highest BCUT2D eigenvalue weighted by atomic mass is 16.6. The van der Waals surface area contributed by atoms with Crippen molar-refractivity contribution < 1.29 is 19.4 Å². The molecule has 1 N–H and O–H groups in total. The van der Waals surface area contributed by atoms with E-state index in [2.05, 4.69) is 0 Å². The van der Waals surface area contributed by atoms with Gasteiger partial charge in [0.05, 0.1) is 7.11 Å². The van der Waals surface area contributed by atoms with Crippen LogP contribution in [-0.2, 0) is 14.3 Å². The van der Waals surface area contributed by atoms with Gasteiger partial charge in [-0.15, -0.1) is 0 Å². The Morgan fingerprint density at radius 2 is 2.31 bits per heavy atom. The third kappa shape index (κ3) is 2.17. The highest BCUT2D eigenvalue weighted by Crippen LogP contribution is 2.26. The van der Waals surface area contributed by atoms with Crippen molar-refractivity contribution in [2.75, 3.05) is 14.2 Å². The first-order valence-corrected chi connectivity index (χ1v) is 3.83. The molecule has 0 aromatic carbocycles. The van der Waals surface area contributed by atoms with Crippen molar-refractivity contribution in [3.05, 3.63) is 23.5 Å². The summed E-state index contributed by atoms with van der Waals surface area (Å²) in [7, 11) is 2.84. The molecule has 0 fully saturated rings. The Bertz CT molecular complexity index is 267. The zero-order valence-electron chi connectivity index (χ0n) is 7.61. The Morgan fingerprint density at radius 3 is 2.77 bits per heavy atom. The minimum atomic E-state index is -1.42. The molecule has 4 heteroatoms. The molecule has 0 aromatic rings. The van der Waals surface area contributed by atoms with Gasteiger partial charge in [-0.2, -0.15) is 0 Å². The van der Waals surface area contributed by atoms with Crippen LogP contribution in [0.5, 0.6) is 0 Å². The van der Waals surface area contributed by atoms with Gasteiger partial charge in [0.1, 0.15) is 12.0 Å². The van der Waals surface area contributed by atoms with Crippen LogP contribution in [0.25, 0.3) is 0 Å². The molecule has 4 nitrogen and oxygen atoms in total. The summed E-state index contributed by atoms with van der Waals surface area (Å²) in [5.41, 5.74) is 0.448. The van der Waals surface area contributed by atoms with Crippen LogP contribution >= 0.6 is 0 Å². The van der Waals surface area contributed by atoms with Gasteiger partial charge in [-0.1, -0.05) is 0 Å². The van der Waals surface area contributed by atoms with Crippen molar-refractivity contribution >= 4 is 6.29 Å². The largest absolute Gasteiger partial charge is 0.497 e. The minimum Gasteiger partial charge on any atom is -0.497 e. The van der Waals surface area contributed by atoms with Crippen LogP contribution in [-0.4, -0.2) is 31.4 Å². The summed E-state index contributed by atoms with van der Waals surface area (Å²) in [6, 6.07) is 0. The molecule has 0 bridgehead atoms. The molecule has 1 rings (SSSR count). The molecule has 0 heterocycles. The van der Waals surface area contributed by atoms with Gasteiger partial charge in [-0.05, 0) is 6.08 Å². The lowest BCUT2D eigenvalue weighted by atomic mass is 9.99. The molecule has 1 atom stereocenters. The van der Waals surface area contributed by atoms with E-state index in [4.69, 9.17) is 9.47 Å². The number of ether oxygens (including phenoxy) is 2. The van der Waals surface area contributed by atoms with Crippen molar-refractivity contribution in [3.8, 4) is 0 Å². The van der Waals surface area contributed by atoms with E-state index < -0.39 is 5.79 Å². The summed E-state index contributed by atoms with van der Waals surface area (Å²) in [5, 5.41) is 9.70. The molecular weight excluding hydrogens is 172 g/mol. The summed E-state index contributed by atoms with van der Waals surface area (Å²) in [6.07, 6.45) is 3.83. The summed E-state index contributed by atoms with van der Waals surface area (Å²) < 4.78 is 9.75. The van der Waals surface area contributed by atoms with E-state index in [1.807, 2.05) is 0 Å². The summed E-state index contributed by atoms with van der Waals surface area (Å²) >= 11 is 0. The predicted molar refractivity (Wildman–Crippen MR) is 45.8 cm³/mol.